The van der Waals surface area contributed by atoms with Crippen LogP contribution in [0.3, 0.4) is 0 Å². The molecular formula is C35H32ClN5O9. The Bertz CT molecular complexity index is 2460. The van der Waals surface area contributed by atoms with Gasteiger partial charge in [-0.15, -0.1) is 0 Å². The topological polar surface area (TPSA) is 166 Å². The summed E-state index contributed by atoms with van der Waals surface area (Å²) in [6.45, 7) is 1.43. The van der Waals surface area contributed by atoms with E-state index in [-0.39, 0.29) is 76.4 Å². The van der Waals surface area contributed by atoms with Crippen LogP contribution in [0, 0.1) is 0 Å². The molecule has 0 saturated carbocycles. The average Bonchev–Trinajstić information content (AvgIpc) is 3.36. The van der Waals surface area contributed by atoms with Gasteiger partial charge in [-0.2, -0.15) is 0 Å². The Labute approximate surface area is 288 Å². The molecule has 258 valence electrons. The van der Waals surface area contributed by atoms with Crippen molar-refractivity contribution in [2.75, 3.05) is 21.3 Å². The highest BCUT2D eigenvalue weighted by molar-refractivity contribution is 6.32. The van der Waals surface area contributed by atoms with E-state index in [9.17, 15) is 29.1 Å². The van der Waals surface area contributed by atoms with Gasteiger partial charge in [0, 0.05) is 61.2 Å². The lowest BCUT2D eigenvalue weighted by atomic mass is 9.68. The predicted molar refractivity (Wildman–Crippen MR) is 182 cm³/mol. The van der Waals surface area contributed by atoms with E-state index < -0.39 is 28.9 Å². The van der Waals surface area contributed by atoms with Crippen LogP contribution in [0.15, 0.2) is 73.1 Å². The smallest absolute Gasteiger partial charge is 0.347 e. The van der Waals surface area contributed by atoms with Crippen molar-refractivity contribution in [3.8, 4) is 23.0 Å². The molecule has 4 aromatic rings. The molecule has 0 bridgehead atoms. The SMILES string of the molecule is COc1cc2nc(CCn3c(=O)n4n(c3=O)[C@@H]3CC5=C(C(=O)C(C)=CC5=O)[C@@H](c5cc(Cl)c(O)c(OC)c5)C3=CC4)c(=O)n(C)c2cc1OC. The van der Waals surface area contributed by atoms with E-state index in [2.05, 4.69) is 4.98 Å². The second-order valence-corrected chi connectivity index (χ2v) is 12.7. The first kappa shape index (κ1) is 32.9. The van der Waals surface area contributed by atoms with Crippen molar-refractivity contribution in [1.29, 1.82) is 0 Å². The number of aryl methyl sites for hydroxylation is 2. The third-order valence-electron chi connectivity index (χ3n) is 9.74. The molecule has 0 radical (unpaired) electrons. The Morgan fingerprint density at radius 1 is 0.960 bits per heavy atom. The first-order valence-electron chi connectivity index (χ1n) is 15.7. The maximum Gasteiger partial charge on any atom is 0.347 e. The van der Waals surface area contributed by atoms with E-state index in [0.717, 1.165) is 4.57 Å². The van der Waals surface area contributed by atoms with Crippen molar-refractivity contribution in [2.24, 2.45) is 7.05 Å². The zero-order chi connectivity index (χ0) is 35.8. The van der Waals surface area contributed by atoms with Crippen molar-refractivity contribution < 1.29 is 28.9 Å². The molecule has 15 heteroatoms. The Morgan fingerprint density at radius 3 is 2.36 bits per heavy atom. The molecule has 0 fully saturated rings. The molecular weight excluding hydrogens is 670 g/mol. The van der Waals surface area contributed by atoms with E-state index >= 15 is 0 Å². The van der Waals surface area contributed by atoms with Crippen molar-refractivity contribution in [3.63, 3.8) is 0 Å². The van der Waals surface area contributed by atoms with Gasteiger partial charge in [-0.1, -0.05) is 17.7 Å². The monoisotopic (exact) mass is 701 g/mol. The van der Waals surface area contributed by atoms with Gasteiger partial charge in [-0.05, 0) is 36.3 Å². The summed E-state index contributed by atoms with van der Waals surface area (Å²) in [6, 6.07) is 5.55. The van der Waals surface area contributed by atoms with Crippen LogP contribution in [0.4, 0.5) is 0 Å². The predicted octanol–water partition coefficient (Wildman–Crippen LogP) is 2.75. The maximum absolute atomic E-state index is 14.1. The number of phenolic OH excluding ortho intramolecular Hbond substituents is 1. The van der Waals surface area contributed by atoms with Crippen molar-refractivity contribution >= 4 is 34.2 Å². The van der Waals surface area contributed by atoms with E-state index in [1.807, 2.05) is 0 Å². The van der Waals surface area contributed by atoms with Crippen LogP contribution in [-0.4, -0.2) is 61.5 Å². The number of phenols is 1. The van der Waals surface area contributed by atoms with Crippen LogP contribution in [0.5, 0.6) is 23.0 Å². The zero-order valence-electron chi connectivity index (χ0n) is 27.8. The van der Waals surface area contributed by atoms with Crippen molar-refractivity contribution in [2.45, 2.75) is 44.8 Å². The van der Waals surface area contributed by atoms with Gasteiger partial charge in [0.15, 0.2) is 34.6 Å². The molecule has 2 aromatic carbocycles. The molecule has 7 rings (SSSR count). The number of aromatic hydroxyl groups is 1. The number of hydrogen-bond acceptors (Lipinski definition) is 10. The molecule has 2 atom stereocenters. The third-order valence-corrected chi connectivity index (χ3v) is 10.0. The number of ketones is 2. The summed E-state index contributed by atoms with van der Waals surface area (Å²) >= 11 is 6.38. The van der Waals surface area contributed by atoms with E-state index in [4.69, 9.17) is 25.8 Å². The van der Waals surface area contributed by atoms with Crippen molar-refractivity contribution in [3.05, 3.63) is 106 Å². The number of nitrogens with zero attached hydrogens (tertiary/aromatic N) is 5. The highest BCUT2D eigenvalue weighted by atomic mass is 35.5. The maximum atomic E-state index is 14.1. The number of benzene rings is 2. The number of fused-ring (bicyclic) bond motifs is 4. The number of rotatable bonds is 7. The molecule has 50 heavy (non-hydrogen) atoms. The molecule has 2 aliphatic carbocycles. The summed E-state index contributed by atoms with van der Waals surface area (Å²) in [4.78, 5) is 72.8. The fourth-order valence-corrected chi connectivity index (χ4v) is 7.48. The second-order valence-electron chi connectivity index (χ2n) is 12.3. The molecule has 0 unspecified atom stereocenters. The summed E-state index contributed by atoms with van der Waals surface area (Å²) < 4.78 is 21.2. The van der Waals surface area contributed by atoms with E-state index in [1.54, 1.807) is 38.2 Å². The fraction of sp³-hybridized carbons (Fsp3) is 0.314. The first-order chi connectivity index (χ1) is 23.9. The second kappa shape index (κ2) is 12.1. The van der Waals surface area contributed by atoms with Gasteiger partial charge in [-0.3, -0.25) is 14.4 Å². The Morgan fingerprint density at radius 2 is 1.66 bits per heavy atom. The number of hydrogen-bond donors (Lipinski definition) is 1. The Kier molecular flexibility index (Phi) is 7.93. The van der Waals surface area contributed by atoms with Gasteiger partial charge in [0.1, 0.15) is 5.69 Å². The average molecular weight is 702 g/mol. The Balaban J connectivity index is 1.31. The number of aromatic nitrogens is 5. The van der Waals surface area contributed by atoms with Gasteiger partial charge < -0.3 is 23.9 Å². The van der Waals surface area contributed by atoms with Crippen molar-refractivity contribution in [1.82, 2.24) is 23.5 Å². The summed E-state index contributed by atoms with van der Waals surface area (Å²) in [5.41, 5.74) is 1.35. The minimum absolute atomic E-state index is 0.00352. The minimum Gasteiger partial charge on any atom is -0.503 e. The molecule has 3 aliphatic rings. The molecule has 1 aliphatic heterocycles. The highest BCUT2D eigenvalue weighted by Gasteiger charge is 2.45. The number of ether oxygens (including phenoxy) is 3. The molecule has 0 spiro atoms. The van der Waals surface area contributed by atoms with Crippen LogP contribution in [-0.2, 0) is 36.1 Å². The van der Waals surface area contributed by atoms with Gasteiger partial charge >= 0.3 is 11.4 Å². The molecule has 1 N–H and O–H groups in total. The summed E-state index contributed by atoms with van der Waals surface area (Å²) in [6.07, 6.45) is 3.04. The lowest BCUT2D eigenvalue weighted by molar-refractivity contribution is -0.116. The number of allylic oxidation sites excluding steroid dienone is 6. The Hall–Kier alpha value is -5.63. The number of carbonyl (C=O) groups excluding carboxylic acids is 2. The first-order valence-corrected chi connectivity index (χ1v) is 16.1. The van der Waals surface area contributed by atoms with Crippen LogP contribution >= 0.6 is 11.6 Å². The fourth-order valence-electron chi connectivity index (χ4n) is 7.26. The zero-order valence-corrected chi connectivity index (χ0v) is 28.5. The standard InChI is InChI=1S/C35H32ClN5O9/c1-16-10-25(42)19-13-23-18(29(30(19)31(16)43)17-11-20(36)32(44)28(12-17)50-5)6-9-40-34(46)39(35(47)41(23)40)8-7-21-33(45)38(2)24-15-27(49-4)26(48-3)14-22(24)37-21/h6,10-12,14-15,23,29,44H,7-9,13H2,1-5H3/t23-,29+/m1/s1. The van der Waals surface area contributed by atoms with Crippen LogP contribution < -0.4 is 31.1 Å². The van der Waals surface area contributed by atoms with Gasteiger partial charge in [0.25, 0.3) is 5.56 Å². The minimum atomic E-state index is -0.824. The quantitative estimate of drug-likeness (QED) is 0.224. The third kappa shape index (κ3) is 4.84. The van der Waals surface area contributed by atoms with Gasteiger partial charge in [-0.25, -0.2) is 28.5 Å². The summed E-state index contributed by atoms with van der Waals surface area (Å²) in [7, 11) is 5.94. The lowest BCUT2D eigenvalue weighted by Crippen LogP contribution is -2.40. The lowest BCUT2D eigenvalue weighted by Gasteiger charge is -2.39. The molecule has 14 nitrogen and oxygen atoms in total. The van der Waals surface area contributed by atoms with Crippen LogP contribution in [0.1, 0.15) is 36.6 Å². The molecule has 2 aromatic heterocycles. The number of methoxy groups -OCH3 is 3. The molecule has 3 heterocycles. The molecule has 0 amide bonds. The number of carbonyl (C=O) groups is 2. The van der Waals surface area contributed by atoms with E-state index in [0.29, 0.717) is 33.7 Å². The largest absolute Gasteiger partial charge is 0.503 e. The van der Waals surface area contributed by atoms with Gasteiger partial charge in [0.2, 0.25) is 0 Å². The highest BCUT2D eigenvalue weighted by Crippen LogP contribution is 2.51. The molecule has 0 saturated heterocycles. The summed E-state index contributed by atoms with van der Waals surface area (Å²) in [5.74, 6) is -0.858. The van der Waals surface area contributed by atoms with Crippen LogP contribution in [0.2, 0.25) is 5.02 Å². The normalized spacial score (nSPS) is 18.4. The number of Topliss-reactive ketones (excluding diaryl/α,β-unsaturated/α-hetero) is 1. The van der Waals surface area contributed by atoms with Crippen LogP contribution in [0.25, 0.3) is 11.0 Å². The van der Waals surface area contributed by atoms with E-state index in [1.165, 1.54) is 47.4 Å². The summed E-state index contributed by atoms with van der Waals surface area (Å²) in [5, 5.41) is 10.4. The number of halogens is 1. The van der Waals surface area contributed by atoms with Gasteiger partial charge in [0.05, 0.1) is 50.0 Å².